The second-order valence-electron chi connectivity index (χ2n) is 5.85. The third-order valence-electron chi connectivity index (χ3n) is 4.10. The van der Waals surface area contributed by atoms with E-state index in [0.29, 0.717) is 11.0 Å². The van der Waals surface area contributed by atoms with Gasteiger partial charge in [0.2, 0.25) is 5.91 Å². The number of halogens is 3. The van der Waals surface area contributed by atoms with Crippen LogP contribution in [0.25, 0.3) is 0 Å². The summed E-state index contributed by atoms with van der Waals surface area (Å²) in [5, 5.41) is 6.52. The molecule has 0 spiro atoms. The highest BCUT2D eigenvalue weighted by Crippen LogP contribution is 2.33. The summed E-state index contributed by atoms with van der Waals surface area (Å²) in [6.07, 6.45) is 0.753. The van der Waals surface area contributed by atoms with Crippen molar-refractivity contribution in [2.45, 2.75) is 45.3 Å². The Morgan fingerprint density at radius 3 is 2.96 bits per heavy atom. The largest absolute Gasteiger partial charge is 0.435 e. The maximum atomic E-state index is 12.5. The van der Waals surface area contributed by atoms with Crippen LogP contribution in [0.1, 0.15) is 36.0 Å². The number of alkyl halides is 3. The van der Waals surface area contributed by atoms with Gasteiger partial charge in [-0.25, -0.2) is 4.98 Å². The van der Waals surface area contributed by atoms with Crippen molar-refractivity contribution in [1.29, 1.82) is 0 Å². The lowest BCUT2D eigenvalue weighted by atomic mass is 9.89. The number of nitrogens with one attached hydrogen (secondary N) is 1. The number of amides is 1. The van der Waals surface area contributed by atoms with E-state index in [-0.39, 0.29) is 6.54 Å². The van der Waals surface area contributed by atoms with Gasteiger partial charge in [0.15, 0.2) is 10.8 Å². The summed E-state index contributed by atoms with van der Waals surface area (Å²) in [6, 6.07) is 0.847. The van der Waals surface area contributed by atoms with E-state index in [0.717, 1.165) is 48.3 Å². The van der Waals surface area contributed by atoms with Crippen LogP contribution < -0.4 is 5.32 Å². The Balaban J connectivity index is 1.61. The predicted molar refractivity (Wildman–Crippen MR) is 83.8 cm³/mol. The Labute approximate surface area is 140 Å². The van der Waals surface area contributed by atoms with Crippen molar-refractivity contribution in [3.8, 4) is 0 Å². The normalized spacial score (nSPS) is 17.6. The van der Waals surface area contributed by atoms with Gasteiger partial charge in [0.05, 0.1) is 5.69 Å². The number of carbonyl (C=O) groups is 1. The summed E-state index contributed by atoms with van der Waals surface area (Å²) in [5.41, 5.74) is 0.0177. The first-order chi connectivity index (χ1) is 11.3. The second kappa shape index (κ2) is 6.54. The van der Waals surface area contributed by atoms with Crippen molar-refractivity contribution in [3.05, 3.63) is 28.5 Å². The molecular formula is C15H17F3N4OS. The molecule has 9 heteroatoms. The third kappa shape index (κ3) is 3.77. The molecule has 1 atom stereocenters. The number of hydrogen-bond donors (Lipinski definition) is 1. The summed E-state index contributed by atoms with van der Waals surface area (Å²) in [6.45, 7) is 1.89. The van der Waals surface area contributed by atoms with Gasteiger partial charge in [-0.2, -0.15) is 18.3 Å². The van der Waals surface area contributed by atoms with E-state index in [1.54, 1.807) is 0 Å². The molecule has 3 rings (SSSR count). The highest BCUT2D eigenvalue weighted by Gasteiger charge is 2.33. The van der Waals surface area contributed by atoms with Crippen LogP contribution in [0.3, 0.4) is 0 Å². The number of hydrogen-bond acceptors (Lipinski definition) is 4. The average molecular weight is 358 g/mol. The zero-order valence-corrected chi connectivity index (χ0v) is 13.9. The van der Waals surface area contributed by atoms with Gasteiger partial charge in [-0.3, -0.25) is 9.48 Å². The number of anilines is 1. The molecule has 1 aliphatic rings. The highest BCUT2D eigenvalue weighted by atomic mass is 32.1. The number of rotatable bonds is 4. The van der Waals surface area contributed by atoms with E-state index < -0.39 is 17.8 Å². The predicted octanol–water partition coefficient (Wildman–Crippen LogP) is 3.51. The van der Waals surface area contributed by atoms with Gasteiger partial charge < -0.3 is 5.32 Å². The first-order valence-electron chi connectivity index (χ1n) is 7.74. The molecule has 24 heavy (non-hydrogen) atoms. The first-order valence-corrected chi connectivity index (χ1v) is 8.56. The van der Waals surface area contributed by atoms with Gasteiger partial charge >= 0.3 is 6.18 Å². The minimum atomic E-state index is -4.51. The van der Waals surface area contributed by atoms with E-state index in [9.17, 15) is 18.0 Å². The lowest BCUT2D eigenvalue weighted by Crippen LogP contribution is -2.19. The van der Waals surface area contributed by atoms with Crippen LogP contribution >= 0.6 is 11.3 Å². The monoisotopic (exact) mass is 358 g/mol. The number of aromatic nitrogens is 3. The summed E-state index contributed by atoms with van der Waals surface area (Å²) < 4.78 is 38.4. The Kier molecular flexibility index (Phi) is 4.62. The first kappa shape index (κ1) is 16.9. The maximum absolute atomic E-state index is 12.5. The Morgan fingerprint density at radius 1 is 1.50 bits per heavy atom. The SMILES string of the molecule is CCC1CCc2nc(NC(=O)Cn3ccc(C(F)(F)F)n3)sc2C1. The fourth-order valence-corrected chi connectivity index (χ4v) is 3.89. The van der Waals surface area contributed by atoms with E-state index in [1.165, 1.54) is 16.2 Å². The molecule has 2 heterocycles. The number of nitrogens with zero attached hydrogens (tertiary/aromatic N) is 3. The van der Waals surface area contributed by atoms with Gasteiger partial charge in [-0.1, -0.05) is 13.3 Å². The summed E-state index contributed by atoms with van der Waals surface area (Å²) in [7, 11) is 0. The third-order valence-corrected chi connectivity index (χ3v) is 5.14. The van der Waals surface area contributed by atoms with Gasteiger partial charge in [-0.05, 0) is 31.2 Å². The standard InChI is InChI=1S/C15H17F3N4OS/c1-2-9-3-4-10-11(7-9)24-14(19-10)20-13(23)8-22-6-5-12(21-22)15(16,17)18/h5-6,9H,2-4,7-8H2,1H3,(H,19,20,23). The van der Waals surface area contributed by atoms with Crippen LogP contribution in [0.2, 0.25) is 0 Å². The minimum Gasteiger partial charge on any atom is -0.300 e. The van der Waals surface area contributed by atoms with Crippen molar-refractivity contribution in [1.82, 2.24) is 14.8 Å². The van der Waals surface area contributed by atoms with Crippen molar-refractivity contribution in [2.75, 3.05) is 5.32 Å². The average Bonchev–Trinajstić information content (AvgIpc) is 3.11. The number of aryl methyl sites for hydroxylation is 1. The highest BCUT2D eigenvalue weighted by molar-refractivity contribution is 7.15. The fourth-order valence-electron chi connectivity index (χ4n) is 2.75. The molecular weight excluding hydrogens is 341 g/mol. The van der Waals surface area contributed by atoms with E-state index in [2.05, 4.69) is 22.3 Å². The summed E-state index contributed by atoms with van der Waals surface area (Å²) in [4.78, 5) is 17.6. The molecule has 1 amide bonds. The molecule has 2 aromatic rings. The van der Waals surface area contributed by atoms with Gasteiger partial charge in [-0.15, -0.1) is 11.3 Å². The van der Waals surface area contributed by atoms with Gasteiger partial charge in [0.1, 0.15) is 6.54 Å². The van der Waals surface area contributed by atoms with Crippen LogP contribution in [0.5, 0.6) is 0 Å². The van der Waals surface area contributed by atoms with E-state index in [4.69, 9.17) is 0 Å². The molecule has 0 saturated carbocycles. The lowest BCUT2D eigenvalue weighted by Gasteiger charge is -2.18. The van der Waals surface area contributed by atoms with Crippen LogP contribution in [0, 0.1) is 5.92 Å². The second-order valence-corrected chi connectivity index (χ2v) is 6.93. The van der Waals surface area contributed by atoms with Crippen LogP contribution in [0.15, 0.2) is 12.3 Å². The lowest BCUT2D eigenvalue weighted by molar-refractivity contribution is -0.141. The Morgan fingerprint density at radius 2 is 2.29 bits per heavy atom. The summed E-state index contributed by atoms with van der Waals surface area (Å²) >= 11 is 1.45. The number of carbonyl (C=O) groups excluding carboxylic acids is 1. The number of fused-ring (bicyclic) bond motifs is 1. The Hall–Kier alpha value is -1.90. The smallest absolute Gasteiger partial charge is 0.300 e. The molecule has 0 saturated heterocycles. The Bertz CT molecular complexity index is 737. The molecule has 0 fully saturated rings. The molecule has 2 aromatic heterocycles. The quantitative estimate of drug-likeness (QED) is 0.910. The van der Waals surface area contributed by atoms with Crippen molar-refractivity contribution < 1.29 is 18.0 Å². The zero-order chi connectivity index (χ0) is 17.3. The molecule has 0 aromatic carbocycles. The molecule has 5 nitrogen and oxygen atoms in total. The van der Waals surface area contributed by atoms with Crippen LogP contribution in [-0.2, 0) is 30.4 Å². The minimum absolute atomic E-state index is 0.280. The van der Waals surface area contributed by atoms with Crippen LogP contribution in [0.4, 0.5) is 18.3 Å². The molecule has 0 bridgehead atoms. The fraction of sp³-hybridized carbons (Fsp3) is 0.533. The zero-order valence-electron chi connectivity index (χ0n) is 13.1. The van der Waals surface area contributed by atoms with Crippen molar-refractivity contribution in [3.63, 3.8) is 0 Å². The molecule has 0 radical (unpaired) electrons. The van der Waals surface area contributed by atoms with Crippen molar-refractivity contribution >= 4 is 22.4 Å². The topological polar surface area (TPSA) is 59.8 Å². The summed E-state index contributed by atoms with van der Waals surface area (Å²) in [5.74, 6) is 0.219. The van der Waals surface area contributed by atoms with Crippen LogP contribution in [-0.4, -0.2) is 20.7 Å². The molecule has 1 N–H and O–H groups in total. The van der Waals surface area contributed by atoms with Crippen molar-refractivity contribution in [2.24, 2.45) is 5.92 Å². The number of thiazole rings is 1. The molecule has 1 unspecified atom stereocenters. The molecule has 0 aliphatic heterocycles. The molecule has 1 aliphatic carbocycles. The van der Waals surface area contributed by atoms with E-state index in [1.807, 2.05) is 0 Å². The van der Waals surface area contributed by atoms with Gasteiger partial charge in [0.25, 0.3) is 0 Å². The van der Waals surface area contributed by atoms with Gasteiger partial charge in [0, 0.05) is 11.1 Å². The maximum Gasteiger partial charge on any atom is 0.435 e. The van der Waals surface area contributed by atoms with E-state index >= 15 is 0 Å². The molecule has 130 valence electrons.